The van der Waals surface area contributed by atoms with Crippen molar-refractivity contribution < 1.29 is 13.7 Å². The first kappa shape index (κ1) is 45.4. The maximum atomic E-state index is 4.94. The van der Waals surface area contributed by atoms with Crippen molar-refractivity contribution in [3.05, 3.63) is 179 Å². The Kier molecular flexibility index (Phi) is 14.0. The molecule has 9 aromatic rings. The first-order valence-corrected chi connectivity index (χ1v) is 22.8. The monoisotopic (exact) mass is 846 g/mol. The zero-order chi connectivity index (χ0) is 45.7. The number of benzene rings is 5. The summed E-state index contributed by atoms with van der Waals surface area (Å²) in [5.74, 6) is 3.63. The Morgan fingerprint density at radius 1 is 0.453 bits per heavy atom. The van der Waals surface area contributed by atoms with Gasteiger partial charge in [-0.05, 0) is 125 Å². The number of pyridine rings is 2. The molecule has 0 N–H and O–H groups in total. The molecule has 0 amide bonds. The Balaban J connectivity index is 0.000000144. The third-order valence-corrected chi connectivity index (χ3v) is 12.1. The largest absolute Gasteiger partial charge is 0.331 e. The van der Waals surface area contributed by atoms with Crippen molar-refractivity contribution in [3.8, 4) is 34.0 Å². The van der Waals surface area contributed by atoms with Gasteiger partial charge in [0.1, 0.15) is 19.4 Å². The number of aromatic nitrogens is 6. The third-order valence-electron chi connectivity index (χ3n) is 12.1. The molecule has 0 fully saturated rings. The first-order chi connectivity index (χ1) is 30.7. The lowest BCUT2D eigenvalue weighted by atomic mass is 9.99. The van der Waals surface area contributed by atoms with Crippen LogP contribution in [0.25, 0.3) is 66.7 Å². The van der Waals surface area contributed by atoms with E-state index in [4.69, 9.17) is 15.0 Å². The molecule has 64 heavy (non-hydrogen) atoms. The molecule has 324 valence electrons. The number of hydrogen-bond donors (Lipinski definition) is 0. The van der Waals surface area contributed by atoms with E-state index in [0.29, 0.717) is 17.8 Å². The normalized spacial score (nSPS) is 11.3. The zero-order valence-electron chi connectivity index (χ0n) is 40.0. The molecular weight excluding hydrogens is 781 g/mol. The summed E-state index contributed by atoms with van der Waals surface area (Å²) < 4.78 is 6.46. The summed E-state index contributed by atoms with van der Waals surface area (Å²) >= 11 is 0. The summed E-state index contributed by atoms with van der Waals surface area (Å²) in [5, 5.41) is 3.68. The molecule has 4 heterocycles. The van der Waals surface area contributed by atoms with Gasteiger partial charge < -0.3 is 0 Å². The van der Waals surface area contributed by atoms with E-state index >= 15 is 0 Å². The van der Waals surface area contributed by atoms with Gasteiger partial charge in [0.25, 0.3) is 0 Å². The first-order valence-electron chi connectivity index (χ1n) is 22.8. The Hall–Kier alpha value is -6.66. The van der Waals surface area contributed by atoms with E-state index in [1.54, 1.807) is 0 Å². The van der Waals surface area contributed by atoms with Crippen molar-refractivity contribution in [3.63, 3.8) is 0 Å². The second-order valence-electron chi connectivity index (χ2n) is 18.3. The molecule has 0 saturated carbocycles. The number of fused-ring (bicyclic) bond motifs is 3. The molecule has 0 spiro atoms. The van der Waals surface area contributed by atoms with E-state index in [1.165, 1.54) is 66.4 Å². The fraction of sp³-hybridized carbons (Fsp3) is 0.276. The SMILES string of the molecule is Cc1ccccc1-c1cc2nc(C(C)C)ccc2c[n+]1C.Cc1ccccc1-c1nc2cccc(C(C)C)c2c[n+]1C.Cc1ccccc1-c1nc2cccc(CC(C)C)c2c[n+]1C. The maximum Gasteiger partial charge on any atom is 0.331 e. The fourth-order valence-electron chi connectivity index (χ4n) is 8.50. The summed E-state index contributed by atoms with van der Waals surface area (Å²) in [6, 6.07) is 44.6. The van der Waals surface area contributed by atoms with Crippen LogP contribution in [0.5, 0.6) is 0 Å². The van der Waals surface area contributed by atoms with Crippen LogP contribution >= 0.6 is 0 Å². The summed E-state index contributed by atoms with van der Waals surface area (Å²) in [6.07, 6.45) is 7.68. The van der Waals surface area contributed by atoms with Crippen LogP contribution in [0.15, 0.2) is 146 Å². The Morgan fingerprint density at radius 3 is 1.50 bits per heavy atom. The average Bonchev–Trinajstić information content (AvgIpc) is 3.26. The zero-order valence-corrected chi connectivity index (χ0v) is 40.0. The maximum absolute atomic E-state index is 4.94. The van der Waals surface area contributed by atoms with Crippen LogP contribution in [0.3, 0.4) is 0 Å². The van der Waals surface area contributed by atoms with Crippen LogP contribution in [0.2, 0.25) is 0 Å². The number of nitrogens with zero attached hydrogens (tertiary/aromatic N) is 6. The lowest BCUT2D eigenvalue weighted by Crippen LogP contribution is -2.32. The van der Waals surface area contributed by atoms with Gasteiger partial charge in [0, 0.05) is 17.3 Å². The van der Waals surface area contributed by atoms with E-state index in [0.717, 1.165) is 40.3 Å². The van der Waals surface area contributed by atoms with Crippen molar-refractivity contribution in [2.45, 2.75) is 80.6 Å². The second-order valence-corrected chi connectivity index (χ2v) is 18.3. The smallest absolute Gasteiger partial charge is 0.252 e. The minimum Gasteiger partial charge on any atom is -0.252 e. The van der Waals surface area contributed by atoms with Crippen LogP contribution in [0.4, 0.5) is 0 Å². The Bertz CT molecular complexity index is 3040. The molecule has 0 aliphatic carbocycles. The number of rotatable bonds is 7. The summed E-state index contributed by atoms with van der Waals surface area (Å²) in [5.41, 5.74) is 15.7. The summed E-state index contributed by atoms with van der Waals surface area (Å²) in [4.78, 5) is 14.7. The average molecular weight is 846 g/mol. The predicted molar refractivity (Wildman–Crippen MR) is 266 cm³/mol. The minimum atomic E-state index is 0.449. The van der Waals surface area contributed by atoms with E-state index in [-0.39, 0.29) is 0 Å². The molecule has 6 nitrogen and oxygen atoms in total. The third kappa shape index (κ3) is 10.1. The minimum absolute atomic E-state index is 0.449. The van der Waals surface area contributed by atoms with Gasteiger partial charge in [-0.15, -0.1) is 0 Å². The van der Waals surface area contributed by atoms with Gasteiger partial charge in [-0.2, -0.15) is 0 Å². The molecular formula is C58H65N6+3. The summed E-state index contributed by atoms with van der Waals surface area (Å²) in [6.45, 7) is 19.7. The molecule has 0 bridgehead atoms. The predicted octanol–water partition coefficient (Wildman–Crippen LogP) is 12.5. The van der Waals surface area contributed by atoms with E-state index in [9.17, 15) is 0 Å². The van der Waals surface area contributed by atoms with E-state index in [2.05, 4.69) is 243 Å². The number of hydrogen-bond acceptors (Lipinski definition) is 3. The van der Waals surface area contributed by atoms with Crippen molar-refractivity contribution in [2.24, 2.45) is 27.1 Å². The highest BCUT2D eigenvalue weighted by molar-refractivity contribution is 5.84. The van der Waals surface area contributed by atoms with Crippen molar-refractivity contribution >= 4 is 32.7 Å². The lowest BCUT2D eigenvalue weighted by molar-refractivity contribution is -0.661. The highest BCUT2D eigenvalue weighted by atomic mass is 15.0. The quantitative estimate of drug-likeness (QED) is 0.150. The highest BCUT2D eigenvalue weighted by Crippen LogP contribution is 2.28. The summed E-state index contributed by atoms with van der Waals surface area (Å²) in [7, 11) is 6.25. The number of aryl methyl sites for hydroxylation is 6. The van der Waals surface area contributed by atoms with Gasteiger partial charge in [0.15, 0.2) is 17.2 Å². The molecule has 5 aromatic carbocycles. The van der Waals surface area contributed by atoms with Crippen LogP contribution in [0, 0.1) is 26.7 Å². The molecule has 0 atom stereocenters. The van der Waals surface area contributed by atoms with Crippen molar-refractivity contribution in [1.82, 2.24) is 15.0 Å². The van der Waals surface area contributed by atoms with Gasteiger partial charge in [-0.3, -0.25) is 4.98 Å². The van der Waals surface area contributed by atoms with Gasteiger partial charge >= 0.3 is 11.6 Å². The molecule has 6 heteroatoms. The van der Waals surface area contributed by atoms with E-state index in [1.807, 2.05) is 0 Å². The molecule has 9 rings (SSSR count). The van der Waals surface area contributed by atoms with Crippen molar-refractivity contribution in [1.29, 1.82) is 0 Å². The fourth-order valence-corrected chi connectivity index (χ4v) is 8.50. The van der Waals surface area contributed by atoms with Gasteiger partial charge in [-0.1, -0.05) is 120 Å². The lowest BCUT2D eigenvalue weighted by Gasteiger charge is -2.09. The Morgan fingerprint density at radius 2 is 0.969 bits per heavy atom. The van der Waals surface area contributed by atoms with Gasteiger partial charge in [0.05, 0.1) is 46.9 Å². The van der Waals surface area contributed by atoms with Crippen molar-refractivity contribution in [2.75, 3.05) is 0 Å². The molecule has 0 aliphatic heterocycles. The topological polar surface area (TPSA) is 50.3 Å². The molecule has 0 aliphatic rings. The molecule has 4 aromatic heterocycles. The molecule has 0 radical (unpaired) electrons. The van der Waals surface area contributed by atoms with Gasteiger partial charge in [-0.25, -0.2) is 13.7 Å². The van der Waals surface area contributed by atoms with Crippen LogP contribution in [-0.2, 0) is 27.6 Å². The molecule has 0 saturated heterocycles. The molecule has 0 unspecified atom stereocenters. The highest BCUT2D eigenvalue weighted by Gasteiger charge is 2.21. The van der Waals surface area contributed by atoms with E-state index < -0.39 is 0 Å². The Labute approximate surface area is 381 Å². The standard InChI is InChI=1S/C20H23N2.2C19H21N2/c1-14(2)12-16-9-7-11-19-18(16)13-22(4)20(21-19)17-10-6-5-8-15(17)3;1-13(2)15-10-7-11-18-17(15)12-21(4)19(20-18)16-9-6-5-8-14(16)3;1-13(2)17-10-9-15-12-21(4)19(11-18(15)20-17)16-8-6-5-7-14(16)3/h5-11,13-14H,12H2,1-4H3;2*5-13H,1-4H3/q3*+1. The second kappa shape index (κ2) is 19.8. The van der Waals surface area contributed by atoms with Crippen LogP contribution in [0.1, 0.15) is 86.9 Å². The van der Waals surface area contributed by atoms with Crippen LogP contribution in [-0.4, -0.2) is 15.0 Å². The van der Waals surface area contributed by atoms with Gasteiger partial charge in [0.2, 0.25) is 5.69 Å². The van der Waals surface area contributed by atoms with Crippen LogP contribution < -0.4 is 13.7 Å².